The molecule has 6 aliphatic rings. The molecule has 0 saturated carbocycles. The van der Waals surface area contributed by atoms with E-state index in [1.54, 1.807) is 80.4 Å². The smallest absolute Gasteiger partial charge is 0.408 e. The maximum absolute atomic E-state index is 13.5. The minimum absolute atomic E-state index is 0.0257. The van der Waals surface area contributed by atoms with Crippen molar-refractivity contribution in [2.45, 2.75) is 136 Å². The van der Waals surface area contributed by atoms with Crippen LogP contribution in [0, 0.1) is 0 Å². The van der Waals surface area contributed by atoms with Crippen LogP contribution in [0.5, 0.6) is 0 Å². The average molecular weight is 1260 g/mol. The van der Waals surface area contributed by atoms with Crippen molar-refractivity contribution in [3.05, 3.63) is 190 Å². The molecule has 6 aromatic heterocycles. The van der Waals surface area contributed by atoms with Gasteiger partial charge in [-0.15, -0.1) is 0 Å². The van der Waals surface area contributed by atoms with E-state index in [-0.39, 0.29) is 73.3 Å². The second-order valence-electron chi connectivity index (χ2n) is 24.5. The number of hydrogen-bond acceptors (Lipinski definition) is 19. The van der Waals surface area contributed by atoms with E-state index >= 15 is 0 Å². The highest BCUT2D eigenvalue weighted by molar-refractivity contribution is 5.92. The van der Waals surface area contributed by atoms with Gasteiger partial charge in [-0.25, -0.2) is 34.1 Å². The molecule has 23 heteroatoms. The third-order valence-corrected chi connectivity index (χ3v) is 17.8. The summed E-state index contributed by atoms with van der Waals surface area (Å²) in [6.45, 7) is 12.0. The lowest BCUT2D eigenvalue weighted by atomic mass is 9.85. The molecule has 0 fully saturated rings. The maximum atomic E-state index is 13.5. The van der Waals surface area contributed by atoms with Crippen molar-refractivity contribution in [1.82, 2.24) is 34.0 Å². The summed E-state index contributed by atoms with van der Waals surface area (Å²) in [5.41, 5.74) is 4.24. The summed E-state index contributed by atoms with van der Waals surface area (Å²) in [6.07, 6.45) is -0.346. The maximum Gasteiger partial charge on any atom is 0.408 e. The van der Waals surface area contributed by atoms with Crippen LogP contribution in [-0.2, 0) is 109 Å². The van der Waals surface area contributed by atoms with Crippen LogP contribution >= 0.6 is 0 Å². The van der Waals surface area contributed by atoms with Crippen molar-refractivity contribution < 1.29 is 62.3 Å². The van der Waals surface area contributed by atoms with E-state index in [9.17, 15) is 48.3 Å². The molecule has 3 atom stereocenters. The van der Waals surface area contributed by atoms with Gasteiger partial charge in [-0.05, 0) is 94.6 Å². The number of aliphatic hydroxyl groups is 1. The van der Waals surface area contributed by atoms with Gasteiger partial charge in [0, 0.05) is 56.0 Å². The minimum Gasteiger partial charge on any atom is -0.458 e. The fourth-order valence-electron chi connectivity index (χ4n) is 13.0. The second-order valence-corrected chi connectivity index (χ2v) is 24.5. The van der Waals surface area contributed by atoms with Crippen LogP contribution < -0.4 is 22.0 Å². The number of ether oxygens (including phenoxy) is 6. The Kier molecular flexibility index (Phi) is 15.1. The molecule has 0 saturated heterocycles. The molecule has 1 amide bonds. The fourth-order valence-corrected chi connectivity index (χ4v) is 13.0. The number of nitrogens with one attached hydrogen (secondary N) is 1. The molecular formula is C70H63N7O16. The highest BCUT2D eigenvalue weighted by atomic mass is 16.6. The highest BCUT2D eigenvalue weighted by Gasteiger charge is 2.52. The van der Waals surface area contributed by atoms with E-state index in [4.69, 9.17) is 43.4 Å². The molecular weight excluding hydrogens is 1190 g/mol. The van der Waals surface area contributed by atoms with Crippen LogP contribution in [0.15, 0.2) is 124 Å². The molecule has 0 unspecified atom stereocenters. The Hall–Kier alpha value is -10.7. The first-order chi connectivity index (χ1) is 44.5. The number of alkyl carbamates (subject to hydrolysis) is 1. The number of cyclic esters (lactones) is 3. The topological polar surface area (TPSA) is 295 Å². The summed E-state index contributed by atoms with van der Waals surface area (Å²) in [4.78, 5) is 129. The fraction of sp³-hybridized carbons (Fsp3) is 0.314. The number of pyridine rings is 6. The lowest BCUT2D eigenvalue weighted by Gasteiger charge is -2.35. The van der Waals surface area contributed by atoms with Gasteiger partial charge in [-0.3, -0.25) is 24.0 Å². The Morgan fingerprint density at radius 3 is 1.26 bits per heavy atom. The van der Waals surface area contributed by atoms with E-state index in [0.717, 1.165) is 55.1 Å². The Morgan fingerprint density at radius 2 is 0.882 bits per heavy atom. The van der Waals surface area contributed by atoms with Gasteiger partial charge in [0.05, 0.1) is 87.0 Å². The van der Waals surface area contributed by atoms with Gasteiger partial charge in [0.1, 0.15) is 32.0 Å². The predicted octanol–water partition coefficient (Wildman–Crippen LogP) is 8.28. The molecule has 15 rings (SSSR count). The summed E-state index contributed by atoms with van der Waals surface area (Å²) in [5, 5.41) is 16.1. The van der Waals surface area contributed by atoms with Gasteiger partial charge in [0.15, 0.2) is 5.60 Å². The molecule has 474 valence electrons. The summed E-state index contributed by atoms with van der Waals surface area (Å²) in [7, 11) is 0. The molecule has 0 bridgehead atoms. The lowest BCUT2D eigenvalue weighted by molar-refractivity contribution is -0.189. The number of benzene rings is 3. The minimum atomic E-state index is -1.84. The number of carbonyl (C=O) groups is 6. The van der Waals surface area contributed by atoms with Crippen molar-refractivity contribution in [2.75, 3.05) is 6.54 Å². The number of para-hydroxylation sites is 3. The Labute approximate surface area is 529 Å². The summed E-state index contributed by atoms with van der Waals surface area (Å²) >= 11 is 0. The normalized spacial score (nSPS) is 19.0. The van der Waals surface area contributed by atoms with Crippen molar-refractivity contribution in [1.29, 1.82) is 0 Å². The molecule has 23 nitrogen and oxygen atoms in total. The van der Waals surface area contributed by atoms with Gasteiger partial charge in [-0.2, -0.15) is 0 Å². The Morgan fingerprint density at radius 1 is 0.516 bits per heavy atom. The average Bonchev–Trinajstić information content (AvgIpc) is 1.69. The molecule has 0 radical (unpaired) electrons. The van der Waals surface area contributed by atoms with Gasteiger partial charge >= 0.3 is 35.9 Å². The highest BCUT2D eigenvalue weighted by Crippen LogP contribution is 2.44. The first-order valence-corrected chi connectivity index (χ1v) is 30.7. The molecule has 12 heterocycles. The van der Waals surface area contributed by atoms with Crippen LogP contribution in [-0.4, -0.2) is 81.8 Å². The molecule has 0 spiro atoms. The van der Waals surface area contributed by atoms with Gasteiger partial charge in [0.25, 0.3) is 16.7 Å². The third-order valence-electron chi connectivity index (χ3n) is 17.8. The number of amides is 1. The monoisotopic (exact) mass is 1260 g/mol. The number of aromatic nitrogens is 6. The van der Waals surface area contributed by atoms with Crippen molar-refractivity contribution in [2.24, 2.45) is 0 Å². The number of esters is 5. The van der Waals surface area contributed by atoms with E-state index in [0.29, 0.717) is 70.4 Å². The first-order valence-electron chi connectivity index (χ1n) is 30.7. The van der Waals surface area contributed by atoms with E-state index < -0.39 is 64.9 Å². The lowest BCUT2D eigenvalue weighted by Crippen LogP contribution is -2.49. The summed E-state index contributed by atoms with van der Waals surface area (Å²) in [5.74, 6) is -3.52. The van der Waals surface area contributed by atoms with Crippen LogP contribution in [0.25, 0.3) is 66.9 Å². The molecule has 6 aliphatic heterocycles. The molecule has 2 N–H and O–H groups in total. The standard InChI is InChI=1S/C27H27N3O7.C23H20N2O5.C20H16N2O4/c1-5-27(36-21(31)12-28-25(34)37-26(2,3)4)18-11-20-22-16(10-15-8-6-7-9-19(15)29-22)13-30(20)23(32)17(18)14-35-24(27)33;1-3-19(26)30-23(4-2)16-10-18-20-14(9-13-7-5-6-8-17(13)24-20)11-25(18)21(27)15(16)12-29-22(23)28;1-2-20(25)14-8-16-17-12(7-11-5-3-4-6-15(11)21-17)9-22(16)18(23)13(14)10-26-19(20)24/h6-11H,5,12-14H2,1-4H3,(H,28,34);5-10H,3-4,11-12H2,1-2H3;3-8,25H,2,9-10H2,1H3/t27-;23-;20-/m000/s1. The zero-order valence-corrected chi connectivity index (χ0v) is 51.9. The third kappa shape index (κ3) is 10.2. The molecule has 3 aromatic carbocycles. The second kappa shape index (κ2) is 22.9. The van der Waals surface area contributed by atoms with Crippen LogP contribution in [0.3, 0.4) is 0 Å². The number of nitrogens with zero attached hydrogens (tertiary/aromatic N) is 6. The summed E-state index contributed by atoms with van der Waals surface area (Å²) < 4.78 is 37.0. The van der Waals surface area contributed by atoms with Crippen molar-refractivity contribution >= 4 is 68.6 Å². The Balaban J connectivity index is 0.000000129. The van der Waals surface area contributed by atoms with Crippen molar-refractivity contribution in [3.8, 4) is 34.2 Å². The first kappa shape index (κ1) is 61.2. The predicted molar refractivity (Wildman–Crippen MR) is 336 cm³/mol. The SMILES string of the molecule is CCC(=O)O[C@]1(CC)C(=O)OCc2c1cc1n(c2=O)Cc2cc3ccccc3nc2-1.CC[C@@]1(O)C(=O)OCc2c1cc1n(c2=O)Cc2cc3ccccc3nc2-1.CC[C@@]1(OC(=O)CNC(=O)OC(C)(C)C)C(=O)OCc2c1cc1n(c2=O)Cc2cc3ccccc3nc2-1. The largest absolute Gasteiger partial charge is 0.458 e. The molecule has 9 aromatic rings. The molecule has 93 heavy (non-hydrogen) atoms. The quantitative estimate of drug-likeness (QED) is 0.107. The van der Waals surface area contributed by atoms with Crippen LogP contribution in [0.4, 0.5) is 4.79 Å². The van der Waals surface area contributed by atoms with Crippen molar-refractivity contribution in [3.63, 3.8) is 0 Å². The van der Waals surface area contributed by atoms with Crippen LogP contribution in [0.2, 0.25) is 0 Å². The van der Waals surface area contributed by atoms with Crippen LogP contribution in [0.1, 0.15) is 124 Å². The summed E-state index contributed by atoms with van der Waals surface area (Å²) in [6, 6.07) is 34.5. The zero-order chi connectivity index (χ0) is 65.6. The number of carbonyl (C=O) groups excluding carboxylic acids is 6. The number of hydrogen-bond donors (Lipinski definition) is 2. The van der Waals surface area contributed by atoms with E-state index in [2.05, 4.69) is 5.32 Å². The number of rotatable bonds is 8. The van der Waals surface area contributed by atoms with E-state index in [1.165, 1.54) is 0 Å². The van der Waals surface area contributed by atoms with Gasteiger partial charge < -0.3 is 52.5 Å². The molecule has 0 aliphatic carbocycles. The number of fused-ring (bicyclic) bond motifs is 15. The van der Waals surface area contributed by atoms with E-state index in [1.807, 2.05) is 91.0 Å². The zero-order valence-electron chi connectivity index (χ0n) is 51.9. The van der Waals surface area contributed by atoms with Gasteiger partial charge in [-0.1, -0.05) is 82.3 Å². The van der Waals surface area contributed by atoms with Gasteiger partial charge in [0.2, 0.25) is 11.2 Å². The Bertz CT molecular complexity index is 4950.